The largest absolute Gasteiger partial charge is 0.492 e. The summed E-state index contributed by atoms with van der Waals surface area (Å²) in [6.07, 6.45) is 4.12. The first-order valence-electron chi connectivity index (χ1n) is 18.0. The second kappa shape index (κ2) is 16.7. The molecule has 2 fully saturated rings. The van der Waals surface area contributed by atoms with Crippen molar-refractivity contribution in [1.82, 2.24) is 15.1 Å². The van der Waals surface area contributed by atoms with E-state index in [0.29, 0.717) is 57.5 Å². The molecule has 0 aromatic heterocycles. The number of primary amides is 1. The molecule has 1 saturated heterocycles. The first-order chi connectivity index (χ1) is 25.1. The second-order valence-corrected chi connectivity index (χ2v) is 13.8. The van der Waals surface area contributed by atoms with Crippen molar-refractivity contribution in [3.8, 4) is 11.5 Å². The van der Waals surface area contributed by atoms with Gasteiger partial charge in [0.05, 0.1) is 19.2 Å². The molecule has 3 N–H and O–H groups in total. The van der Waals surface area contributed by atoms with Gasteiger partial charge in [-0.25, -0.2) is 8.78 Å². The number of amides is 3. The maximum Gasteiger partial charge on any atom is 0.252 e. The number of carbonyl (C=O) groups is 3. The highest BCUT2D eigenvalue weighted by atomic mass is 19.2. The van der Waals surface area contributed by atoms with Gasteiger partial charge in [-0.3, -0.25) is 14.4 Å². The van der Waals surface area contributed by atoms with Gasteiger partial charge in [-0.1, -0.05) is 36.4 Å². The number of nitrogens with two attached hydrogens (primary N) is 1. The summed E-state index contributed by atoms with van der Waals surface area (Å²) in [7, 11) is 0. The van der Waals surface area contributed by atoms with Crippen LogP contribution in [0.25, 0.3) is 5.57 Å². The summed E-state index contributed by atoms with van der Waals surface area (Å²) in [6.45, 7) is 3.58. The minimum absolute atomic E-state index is 0.000220. The number of fused-ring (bicyclic) bond motifs is 2. The number of halogens is 3. The zero-order valence-corrected chi connectivity index (χ0v) is 29.3. The van der Waals surface area contributed by atoms with E-state index in [1.54, 1.807) is 4.90 Å². The lowest BCUT2D eigenvalue weighted by molar-refractivity contribution is -0.134. The molecule has 3 aliphatic rings. The van der Waals surface area contributed by atoms with Crippen LogP contribution in [0.1, 0.15) is 61.6 Å². The first kappa shape index (κ1) is 36.9. The van der Waals surface area contributed by atoms with Crippen molar-refractivity contribution >= 4 is 23.3 Å². The van der Waals surface area contributed by atoms with E-state index in [0.717, 1.165) is 53.0 Å². The van der Waals surface area contributed by atoms with Gasteiger partial charge in [-0.05, 0) is 92.0 Å². The summed E-state index contributed by atoms with van der Waals surface area (Å²) >= 11 is 0. The third kappa shape index (κ3) is 9.14. The Kier molecular flexibility index (Phi) is 11.8. The molecule has 276 valence electrons. The van der Waals surface area contributed by atoms with Crippen LogP contribution in [0.2, 0.25) is 0 Å². The van der Waals surface area contributed by atoms with E-state index < -0.39 is 29.1 Å². The summed E-state index contributed by atoms with van der Waals surface area (Å²) in [6, 6.07) is 16.9. The van der Waals surface area contributed by atoms with E-state index in [1.807, 2.05) is 60.4 Å². The molecule has 0 spiro atoms. The average Bonchev–Trinajstić information content (AvgIpc) is 3.96. The first-order valence-corrected chi connectivity index (χ1v) is 18.0. The molecule has 2 bridgehead atoms. The second-order valence-electron chi connectivity index (χ2n) is 13.8. The molecule has 2 unspecified atom stereocenters. The van der Waals surface area contributed by atoms with Gasteiger partial charge in [0.25, 0.3) is 5.91 Å². The number of hydrogen-bond acceptors (Lipinski definition) is 6. The van der Waals surface area contributed by atoms with Crippen LogP contribution < -0.4 is 20.5 Å². The molecule has 52 heavy (non-hydrogen) atoms. The fourth-order valence-corrected chi connectivity index (χ4v) is 7.06. The molecule has 12 heteroatoms. The Morgan fingerprint density at radius 3 is 2.42 bits per heavy atom. The number of carbonyl (C=O) groups excluding carboxylic acids is 3. The van der Waals surface area contributed by atoms with Gasteiger partial charge in [0.15, 0.2) is 17.4 Å². The van der Waals surface area contributed by atoms with Crippen molar-refractivity contribution in [2.75, 3.05) is 32.8 Å². The smallest absolute Gasteiger partial charge is 0.252 e. The number of piperazine rings is 1. The Labute approximate surface area is 301 Å². The zero-order chi connectivity index (χ0) is 36.8. The summed E-state index contributed by atoms with van der Waals surface area (Å²) in [5.41, 5.74) is 9.85. The van der Waals surface area contributed by atoms with Gasteiger partial charge < -0.3 is 30.3 Å². The molecule has 2 atom stereocenters. The Morgan fingerprint density at radius 2 is 1.69 bits per heavy atom. The third-order valence-corrected chi connectivity index (χ3v) is 9.80. The number of nitrogens with zero attached hydrogens (tertiary/aromatic N) is 2. The molecule has 3 aromatic rings. The number of rotatable bonds is 16. The van der Waals surface area contributed by atoms with Crippen molar-refractivity contribution in [3.05, 3.63) is 100 Å². The lowest BCUT2D eigenvalue weighted by Crippen LogP contribution is -2.62. The van der Waals surface area contributed by atoms with Crippen LogP contribution in [0, 0.1) is 24.4 Å². The Morgan fingerprint density at radius 1 is 0.923 bits per heavy atom. The topological polar surface area (TPSA) is 114 Å². The van der Waals surface area contributed by atoms with Crippen molar-refractivity contribution in [1.29, 1.82) is 0 Å². The van der Waals surface area contributed by atoms with Crippen LogP contribution in [0.5, 0.6) is 11.5 Å². The zero-order valence-electron chi connectivity index (χ0n) is 29.3. The van der Waals surface area contributed by atoms with Gasteiger partial charge in [-0.15, -0.1) is 0 Å². The van der Waals surface area contributed by atoms with E-state index in [2.05, 4.69) is 5.32 Å². The minimum atomic E-state index is -1.34. The lowest BCUT2D eigenvalue weighted by atomic mass is 9.82. The van der Waals surface area contributed by atoms with E-state index in [-0.39, 0.29) is 49.4 Å². The normalized spacial score (nSPS) is 18.3. The Balaban J connectivity index is 1.19. The molecule has 1 saturated carbocycles. The SMILES string of the molecule is Cc1cccc(OCCN(C(=O)C2=C(c3ccc(CCCOc4c(F)ccc(F)c4F)cc3)CC3CN(C(=O)CCCC(N)=O)CC2N3)C2CC2)c1. The van der Waals surface area contributed by atoms with E-state index in [9.17, 15) is 27.6 Å². The minimum Gasteiger partial charge on any atom is -0.492 e. The molecule has 3 aromatic carbocycles. The molecule has 1 aliphatic carbocycles. The predicted molar refractivity (Wildman–Crippen MR) is 190 cm³/mol. The van der Waals surface area contributed by atoms with Crippen molar-refractivity contribution in [2.45, 2.75) is 76.4 Å². The number of aryl methyl sites for hydroxylation is 2. The summed E-state index contributed by atoms with van der Waals surface area (Å²) in [5, 5.41) is 3.62. The lowest BCUT2D eigenvalue weighted by Gasteiger charge is -2.45. The van der Waals surface area contributed by atoms with Gasteiger partial charge in [0, 0.05) is 43.6 Å². The standard InChI is InChI=1S/C40H45F3N4O5/c1-25-5-2-7-30(21-25)51-20-18-47(29-14-15-29)40(50)37-31(22-28-23-46(24-34(37)45-28)36(49)9-3-8-35(44)48)27-12-10-26(11-13-27)6-4-19-52-39-33(42)17-16-32(41)38(39)43/h2,5,7,10-13,16-17,21,28-29,34,45H,3-4,6,8-9,14-15,18-20,22-24H2,1H3,(H2,44,48). The van der Waals surface area contributed by atoms with Gasteiger partial charge in [-0.2, -0.15) is 4.39 Å². The maximum atomic E-state index is 14.6. The van der Waals surface area contributed by atoms with Gasteiger partial charge >= 0.3 is 0 Å². The van der Waals surface area contributed by atoms with E-state index in [1.165, 1.54) is 0 Å². The number of nitrogens with one attached hydrogen (secondary N) is 1. The average molecular weight is 719 g/mol. The maximum absolute atomic E-state index is 14.6. The number of ether oxygens (including phenoxy) is 2. The summed E-state index contributed by atoms with van der Waals surface area (Å²) in [4.78, 5) is 42.8. The summed E-state index contributed by atoms with van der Waals surface area (Å²) < 4.78 is 52.7. The van der Waals surface area contributed by atoms with Crippen LogP contribution in [0.4, 0.5) is 13.2 Å². The van der Waals surface area contributed by atoms with Gasteiger partial charge in [0.2, 0.25) is 17.6 Å². The monoisotopic (exact) mass is 718 g/mol. The predicted octanol–water partition coefficient (Wildman–Crippen LogP) is 5.48. The van der Waals surface area contributed by atoms with Gasteiger partial charge in [0.1, 0.15) is 12.4 Å². The van der Waals surface area contributed by atoms with Crippen LogP contribution in [0.15, 0.2) is 66.2 Å². The van der Waals surface area contributed by atoms with E-state index in [4.69, 9.17) is 15.2 Å². The van der Waals surface area contributed by atoms with E-state index >= 15 is 0 Å². The van der Waals surface area contributed by atoms with Crippen LogP contribution in [-0.2, 0) is 20.8 Å². The number of benzene rings is 3. The molecule has 2 aliphatic heterocycles. The molecule has 2 heterocycles. The van der Waals surface area contributed by atoms with Crippen LogP contribution in [-0.4, -0.2) is 78.5 Å². The molecule has 9 nitrogen and oxygen atoms in total. The molecule has 0 radical (unpaired) electrons. The van der Waals surface area contributed by atoms with Crippen molar-refractivity contribution in [3.63, 3.8) is 0 Å². The Bertz CT molecular complexity index is 1810. The molecule has 6 rings (SSSR count). The van der Waals surface area contributed by atoms with Crippen molar-refractivity contribution in [2.24, 2.45) is 5.73 Å². The van der Waals surface area contributed by atoms with Crippen molar-refractivity contribution < 1.29 is 37.0 Å². The number of hydrogen-bond donors (Lipinski definition) is 2. The fraction of sp³-hybridized carbons (Fsp3) is 0.425. The highest BCUT2D eigenvalue weighted by Gasteiger charge is 2.43. The van der Waals surface area contributed by atoms with Crippen LogP contribution in [0.3, 0.4) is 0 Å². The highest BCUT2D eigenvalue weighted by Crippen LogP contribution is 2.37. The Hall–Kier alpha value is -4.84. The highest BCUT2D eigenvalue weighted by molar-refractivity contribution is 6.03. The molecule has 3 amide bonds. The fourth-order valence-electron chi connectivity index (χ4n) is 7.06. The summed E-state index contributed by atoms with van der Waals surface area (Å²) in [5.74, 6) is -4.00. The van der Waals surface area contributed by atoms with Crippen LogP contribution >= 0.6 is 0 Å². The third-order valence-electron chi connectivity index (χ3n) is 9.80. The quantitative estimate of drug-likeness (QED) is 0.150. The molecular weight excluding hydrogens is 673 g/mol. The molecular formula is C40H45F3N4O5.